The number of esters is 1. The molecule has 0 spiro atoms. The molecule has 1 aromatic rings. The number of ether oxygens (including phenoxy) is 1. The van der Waals surface area contributed by atoms with Crippen LogP contribution >= 0.6 is 23.2 Å². The Labute approximate surface area is 102 Å². The van der Waals surface area contributed by atoms with Crippen LogP contribution in [0.5, 0.6) is 0 Å². The smallest absolute Gasteiger partial charge is 0.328 e. The first-order valence-electron chi connectivity index (χ1n) is 4.38. The lowest BCUT2D eigenvalue weighted by Gasteiger charge is -2.10. The van der Waals surface area contributed by atoms with Crippen LogP contribution in [0.4, 0.5) is 0 Å². The standard InChI is InChI=1S/C9H10Cl2N2O3/c1-4(9(15)16-2)12-8(14)6-3-5(10)7(11)13-6/h3-4,13H,1-2H3,(H,12,14). The maximum atomic E-state index is 11.6. The number of hydrogen-bond acceptors (Lipinski definition) is 3. The average Bonchev–Trinajstić information content (AvgIpc) is 2.58. The van der Waals surface area contributed by atoms with Gasteiger partial charge in [0.15, 0.2) is 0 Å². The Bertz CT molecular complexity index is 397. The number of H-pyrrole nitrogens is 1. The van der Waals surface area contributed by atoms with E-state index in [9.17, 15) is 9.59 Å². The summed E-state index contributed by atoms with van der Waals surface area (Å²) in [5.41, 5.74) is 0.186. The minimum Gasteiger partial charge on any atom is -0.467 e. The first-order chi connectivity index (χ1) is 7.45. The molecule has 1 atom stereocenters. The van der Waals surface area contributed by atoms with E-state index in [1.165, 1.54) is 20.1 Å². The molecule has 2 N–H and O–H groups in total. The van der Waals surface area contributed by atoms with Gasteiger partial charge in [-0.2, -0.15) is 0 Å². The number of hydrogen-bond donors (Lipinski definition) is 2. The predicted octanol–water partition coefficient (Wildman–Crippen LogP) is 1.61. The summed E-state index contributed by atoms with van der Waals surface area (Å²) >= 11 is 11.3. The third-order valence-electron chi connectivity index (χ3n) is 1.87. The molecule has 1 aromatic heterocycles. The van der Waals surface area contributed by atoms with Gasteiger partial charge in [0, 0.05) is 0 Å². The molecular formula is C9H10Cl2N2O3. The third kappa shape index (κ3) is 2.90. The van der Waals surface area contributed by atoms with E-state index < -0.39 is 17.9 Å². The Hall–Kier alpha value is -1.20. The Morgan fingerprint density at radius 3 is 2.56 bits per heavy atom. The molecule has 1 heterocycles. The van der Waals surface area contributed by atoms with Crippen molar-refractivity contribution in [2.24, 2.45) is 0 Å². The largest absolute Gasteiger partial charge is 0.467 e. The molecule has 1 amide bonds. The van der Waals surface area contributed by atoms with E-state index in [2.05, 4.69) is 15.0 Å². The lowest BCUT2D eigenvalue weighted by atomic mass is 10.3. The monoisotopic (exact) mass is 264 g/mol. The van der Waals surface area contributed by atoms with E-state index in [-0.39, 0.29) is 15.9 Å². The predicted molar refractivity (Wildman–Crippen MR) is 59.8 cm³/mol. The topological polar surface area (TPSA) is 71.2 Å². The van der Waals surface area contributed by atoms with Crippen LogP contribution in [0.3, 0.4) is 0 Å². The summed E-state index contributed by atoms with van der Waals surface area (Å²) in [5.74, 6) is -1.01. The van der Waals surface area contributed by atoms with Crippen molar-refractivity contribution < 1.29 is 14.3 Å². The fourth-order valence-corrected chi connectivity index (χ4v) is 1.35. The van der Waals surface area contributed by atoms with E-state index in [1.807, 2.05) is 0 Å². The van der Waals surface area contributed by atoms with Crippen LogP contribution in [-0.4, -0.2) is 30.0 Å². The molecule has 5 nitrogen and oxygen atoms in total. The number of carbonyl (C=O) groups excluding carboxylic acids is 2. The number of carbonyl (C=O) groups is 2. The molecule has 1 rings (SSSR count). The molecule has 0 saturated heterocycles. The van der Waals surface area contributed by atoms with E-state index in [1.54, 1.807) is 0 Å². The van der Waals surface area contributed by atoms with Crippen LogP contribution in [0.1, 0.15) is 17.4 Å². The van der Waals surface area contributed by atoms with Crippen LogP contribution < -0.4 is 5.32 Å². The summed E-state index contributed by atoms with van der Waals surface area (Å²) in [6, 6.07) is 0.641. The fraction of sp³-hybridized carbons (Fsp3) is 0.333. The molecule has 0 bridgehead atoms. The molecule has 0 aliphatic rings. The van der Waals surface area contributed by atoms with E-state index in [0.29, 0.717) is 0 Å². The molecule has 0 fully saturated rings. The highest BCUT2D eigenvalue weighted by Gasteiger charge is 2.18. The summed E-state index contributed by atoms with van der Waals surface area (Å²) < 4.78 is 4.46. The molecule has 0 aliphatic heterocycles. The lowest BCUT2D eigenvalue weighted by Crippen LogP contribution is -2.39. The number of rotatable bonds is 3. The zero-order chi connectivity index (χ0) is 12.3. The average molecular weight is 265 g/mol. The maximum Gasteiger partial charge on any atom is 0.328 e. The minimum absolute atomic E-state index is 0.178. The van der Waals surface area contributed by atoms with Crippen LogP contribution in [0.25, 0.3) is 0 Å². The van der Waals surface area contributed by atoms with Gasteiger partial charge < -0.3 is 15.0 Å². The highest BCUT2D eigenvalue weighted by Crippen LogP contribution is 2.21. The van der Waals surface area contributed by atoms with Crippen molar-refractivity contribution >= 4 is 35.1 Å². The quantitative estimate of drug-likeness (QED) is 0.815. The Morgan fingerprint density at radius 2 is 2.12 bits per heavy atom. The minimum atomic E-state index is -0.738. The molecule has 88 valence electrons. The Kier molecular flexibility index (Phi) is 4.20. The van der Waals surface area contributed by atoms with Gasteiger partial charge in [-0.3, -0.25) is 4.79 Å². The second-order valence-corrected chi connectivity index (χ2v) is 3.85. The SMILES string of the molecule is COC(=O)C(C)NC(=O)c1cc(Cl)c(Cl)[nH]1. The Balaban J connectivity index is 2.69. The molecule has 0 aromatic carbocycles. The van der Waals surface area contributed by atoms with Gasteiger partial charge in [-0.1, -0.05) is 23.2 Å². The van der Waals surface area contributed by atoms with Crippen molar-refractivity contribution in [1.82, 2.24) is 10.3 Å². The van der Waals surface area contributed by atoms with Crippen molar-refractivity contribution in [2.45, 2.75) is 13.0 Å². The molecular weight excluding hydrogens is 255 g/mol. The van der Waals surface area contributed by atoms with Gasteiger partial charge in [-0.05, 0) is 13.0 Å². The number of methoxy groups -OCH3 is 1. The van der Waals surface area contributed by atoms with Gasteiger partial charge in [0.05, 0.1) is 12.1 Å². The fourth-order valence-electron chi connectivity index (χ4n) is 1.04. The van der Waals surface area contributed by atoms with E-state index >= 15 is 0 Å². The van der Waals surface area contributed by atoms with Gasteiger partial charge >= 0.3 is 5.97 Å². The van der Waals surface area contributed by atoms with E-state index in [4.69, 9.17) is 23.2 Å². The summed E-state index contributed by atoms with van der Waals surface area (Å²) in [7, 11) is 1.24. The van der Waals surface area contributed by atoms with Crippen LogP contribution in [0, 0.1) is 0 Å². The number of amides is 1. The molecule has 0 radical (unpaired) electrons. The van der Waals surface area contributed by atoms with Crippen molar-refractivity contribution in [1.29, 1.82) is 0 Å². The van der Waals surface area contributed by atoms with Crippen molar-refractivity contribution in [2.75, 3.05) is 7.11 Å². The summed E-state index contributed by atoms with van der Waals surface area (Å²) in [5, 5.41) is 2.85. The molecule has 1 unspecified atom stereocenters. The summed E-state index contributed by atoms with van der Waals surface area (Å²) in [4.78, 5) is 25.2. The second-order valence-electron chi connectivity index (χ2n) is 3.06. The van der Waals surface area contributed by atoms with Gasteiger partial charge in [0.2, 0.25) is 0 Å². The van der Waals surface area contributed by atoms with Gasteiger partial charge in [-0.25, -0.2) is 4.79 Å². The Morgan fingerprint density at radius 1 is 1.50 bits per heavy atom. The molecule has 7 heteroatoms. The number of aromatic nitrogens is 1. The lowest BCUT2D eigenvalue weighted by molar-refractivity contribution is -0.142. The number of halogens is 2. The van der Waals surface area contributed by atoms with Gasteiger partial charge in [-0.15, -0.1) is 0 Å². The van der Waals surface area contributed by atoms with Crippen molar-refractivity contribution in [3.05, 3.63) is 21.9 Å². The summed E-state index contributed by atoms with van der Waals surface area (Å²) in [6.45, 7) is 1.51. The zero-order valence-electron chi connectivity index (χ0n) is 8.64. The summed E-state index contributed by atoms with van der Waals surface area (Å²) in [6.07, 6.45) is 0. The van der Waals surface area contributed by atoms with Crippen molar-refractivity contribution in [3.63, 3.8) is 0 Å². The normalized spacial score (nSPS) is 12.0. The molecule has 0 aliphatic carbocycles. The molecule has 16 heavy (non-hydrogen) atoms. The third-order valence-corrected chi connectivity index (χ3v) is 2.57. The second kappa shape index (κ2) is 5.23. The van der Waals surface area contributed by atoms with Crippen LogP contribution in [0.15, 0.2) is 6.07 Å². The highest BCUT2D eigenvalue weighted by molar-refractivity contribution is 6.41. The maximum absolute atomic E-state index is 11.6. The number of nitrogens with one attached hydrogen (secondary N) is 2. The van der Waals surface area contributed by atoms with Gasteiger partial charge in [0.25, 0.3) is 5.91 Å². The molecule has 0 saturated carbocycles. The van der Waals surface area contributed by atoms with E-state index in [0.717, 1.165) is 0 Å². The first kappa shape index (κ1) is 12.9. The van der Waals surface area contributed by atoms with Crippen LogP contribution in [-0.2, 0) is 9.53 Å². The first-order valence-corrected chi connectivity index (χ1v) is 5.14. The number of aromatic amines is 1. The van der Waals surface area contributed by atoms with Crippen molar-refractivity contribution in [3.8, 4) is 0 Å². The van der Waals surface area contributed by atoms with Crippen LogP contribution in [0.2, 0.25) is 10.2 Å². The highest BCUT2D eigenvalue weighted by atomic mass is 35.5. The zero-order valence-corrected chi connectivity index (χ0v) is 10.1. The van der Waals surface area contributed by atoms with Gasteiger partial charge in [0.1, 0.15) is 16.9 Å².